The Hall–Kier alpha value is -0.0800. The van der Waals surface area contributed by atoms with Crippen molar-refractivity contribution in [2.24, 2.45) is 23.2 Å². The van der Waals surface area contributed by atoms with Crippen LogP contribution >= 0.6 is 0 Å². The van der Waals surface area contributed by atoms with E-state index < -0.39 is 0 Å². The first kappa shape index (κ1) is 12.6. The molecule has 108 valence electrons. The van der Waals surface area contributed by atoms with Gasteiger partial charge in [-0.15, -0.1) is 0 Å². The van der Waals surface area contributed by atoms with Gasteiger partial charge in [0.1, 0.15) is 0 Å². The van der Waals surface area contributed by atoms with Crippen LogP contribution in [0.4, 0.5) is 0 Å². The van der Waals surface area contributed by atoms with Gasteiger partial charge in [-0.25, -0.2) is 0 Å². The van der Waals surface area contributed by atoms with E-state index in [-0.39, 0.29) is 0 Å². The zero-order chi connectivity index (χ0) is 13.0. The molecule has 0 aromatic carbocycles. The van der Waals surface area contributed by atoms with Crippen molar-refractivity contribution >= 4 is 0 Å². The molecule has 0 radical (unpaired) electrons. The van der Waals surface area contributed by atoms with Crippen molar-refractivity contribution in [2.45, 2.75) is 64.5 Å². The van der Waals surface area contributed by atoms with Crippen LogP contribution in [0.3, 0.4) is 0 Å². The van der Waals surface area contributed by atoms with Crippen molar-refractivity contribution in [1.82, 2.24) is 10.2 Å². The van der Waals surface area contributed by atoms with Crippen molar-refractivity contribution in [3.63, 3.8) is 0 Å². The highest BCUT2D eigenvalue weighted by atomic mass is 15.3. The van der Waals surface area contributed by atoms with Crippen molar-refractivity contribution in [3.8, 4) is 0 Å². The van der Waals surface area contributed by atoms with Crippen molar-refractivity contribution < 1.29 is 0 Å². The molecule has 4 aliphatic carbocycles. The third-order valence-electron chi connectivity index (χ3n) is 7.06. The van der Waals surface area contributed by atoms with Crippen LogP contribution < -0.4 is 5.32 Å². The molecule has 4 bridgehead atoms. The summed E-state index contributed by atoms with van der Waals surface area (Å²) in [4.78, 5) is 2.84. The molecule has 1 aliphatic heterocycles. The van der Waals surface area contributed by atoms with Crippen molar-refractivity contribution in [2.75, 3.05) is 19.6 Å². The summed E-state index contributed by atoms with van der Waals surface area (Å²) in [6, 6.07) is 1.64. The van der Waals surface area contributed by atoms with Gasteiger partial charge in [0.05, 0.1) is 0 Å². The fourth-order valence-electron chi connectivity index (χ4n) is 6.40. The van der Waals surface area contributed by atoms with Gasteiger partial charge in [-0.05, 0) is 75.2 Å². The predicted molar refractivity (Wildman–Crippen MR) is 79.1 cm³/mol. The van der Waals surface area contributed by atoms with Crippen LogP contribution in [0, 0.1) is 23.2 Å². The third-order valence-corrected chi connectivity index (χ3v) is 7.06. The Morgan fingerprint density at radius 1 is 1.05 bits per heavy atom. The van der Waals surface area contributed by atoms with Gasteiger partial charge in [-0.3, -0.25) is 4.90 Å². The molecular formula is C17H30N2. The molecule has 5 fully saturated rings. The molecular weight excluding hydrogens is 232 g/mol. The zero-order valence-corrected chi connectivity index (χ0v) is 12.7. The van der Waals surface area contributed by atoms with Crippen LogP contribution in [0.2, 0.25) is 0 Å². The predicted octanol–water partition coefficient (Wildman–Crippen LogP) is 2.89. The van der Waals surface area contributed by atoms with E-state index in [1.165, 1.54) is 19.6 Å². The number of nitrogens with zero attached hydrogens (tertiary/aromatic N) is 1. The van der Waals surface area contributed by atoms with Crippen LogP contribution in [0.15, 0.2) is 0 Å². The summed E-state index contributed by atoms with van der Waals surface area (Å²) in [7, 11) is 0. The summed E-state index contributed by atoms with van der Waals surface area (Å²) in [5.74, 6) is 3.27. The standard InChI is InChI=1S/C17H30N2/c1-3-19(16-10-18-11-16)12(2)17-7-13-4-14(8-17)6-15(5-13)9-17/h12-16,18H,3-11H2,1-2H3. The quantitative estimate of drug-likeness (QED) is 0.838. The molecule has 5 aliphatic rings. The van der Waals surface area contributed by atoms with Gasteiger partial charge in [-0.1, -0.05) is 6.92 Å². The Morgan fingerprint density at radius 2 is 1.58 bits per heavy atom. The van der Waals surface area contributed by atoms with Gasteiger partial charge in [-0.2, -0.15) is 0 Å². The fraction of sp³-hybridized carbons (Fsp3) is 1.00. The number of rotatable bonds is 4. The maximum Gasteiger partial charge on any atom is 0.0348 e. The third kappa shape index (κ3) is 1.90. The number of nitrogens with one attached hydrogen (secondary N) is 1. The Labute approximate surface area is 118 Å². The molecule has 2 heteroatoms. The second-order valence-electron chi connectivity index (χ2n) is 8.10. The van der Waals surface area contributed by atoms with E-state index in [9.17, 15) is 0 Å². The molecule has 2 nitrogen and oxygen atoms in total. The second kappa shape index (κ2) is 4.46. The monoisotopic (exact) mass is 262 g/mol. The average Bonchev–Trinajstić information content (AvgIpc) is 2.31. The molecule has 5 rings (SSSR count). The number of hydrogen-bond donors (Lipinski definition) is 1. The summed E-state index contributed by atoms with van der Waals surface area (Å²) in [5.41, 5.74) is 0.695. The van der Waals surface area contributed by atoms with Gasteiger partial charge in [0.25, 0.3) is 0 Å². The molecule has 4 saturated carbocycles. The Kier molecular flexibility index (Phi) is 2.97. The van der Waals surface area contributed by atoms with E-state index in [2.05, 4.69) is 24.1 Å². The summed E-state index contributed by atoms with van der Waals surface area (Å²) in [6.45, 7) is 8.63. The lowest BCUT2D eigenvalue weighted by molar-refractivity contribution is -0.106. The van der Waals surface area contributed by atoms with Crippen LogP contribution in [0.25, 0.3) is 0 Å². The Morgan fingerprint density at radius 3 is 1.95 bits per heavy atom. The lowest BCUT2D eigenvalue weighted by Crippen LogP contribution is -2.64. The normalized spacial score (nSPS) is 46.6. The van der Waals surface area contributed by atoms with Gasteiger partial charge < -0.3 is 5.32 Å². The van der Waals surface area contributed by atoms with Gasteiger partial charge in [0.15, 0.2) is 0 Å². The second-order valence-corrected chi connectivity index (χ2v) is 8.10. The maximum absolute atomic E-state index is 3.46. The van der Waals surface area contributed by atoms with Crippen molar-refractivity contribution in [1.29, 1.82) is 0 Å². The largest absolute Gasteiger partial charge is 0.314 e. The minimum absolute atomic E-state index is 0.695. The Bertz CT molecular complexity index is 312. The maximum atomic E-state index is 3.46. The molecule has 19 heavy (non-hydrogen) atoms. The summed E-state index contributed by atoms with van der Waals surface area (Å²) in [6.07, 6.45) is 9.37. The zero-order valence-electron chi connectivity index (χ0n) is 12.7. The Balaban J connectivity index is 1.56. The molecule has 0 amide bonds. The van der Waals surface area contributed by atoms with Crippen molar-refractivity contribution in [3.05, 3.63) is 0 Å². The average molecular weight is 262 g/mol. The minimum atomic E-state index is 0.695. The first-order valence-electron chi connectivity index (χ1n) is 8.66. The molecule has 0 aromatic heterocycles. The highest BCUT2D eigenvalue weighted by Gasteiger charge is 2.54. The van der Waals surface area contributed by atoms with E-state index in [4.69, 9.17) is 0 Å². The van der Waals surface area contributed by atoms with E-state index in [0.29, 0.717) is 5.41 Å². The molecule has 1 heterocycles. The van der Waals surface area contributed by atoms with E-state index in [1.807, 2.05) is 0 Å². The summed E-state index contributed by atoms with van der Waals surface area (Å²) < 4.78 is 0. The molecule has 0 aromatic rings. The van der Waals surface area contributed by atoms with Crippen LogP contribution in [0.5, 0.6) is 0 Å². The first-order valence-corrected chi connectivity index (χ1v) is 8.66. The SMILES string of the molecule is CCN(C1CNC1)C(C)C12CC3CC(CC(C3)C1)C2. The van der Waals surface area contributed by atoms with E-state index in [1.54, 1.807) is 38.5 Å². The number of likely N-dealkylation sites (N-methyl/N-ethyl adjacent to an activating group) is 1. The topological polar surface area (TPSA) is 15.3 Å². The van der Waals surface area contributed by atoms with Gasteiger partial charge >= 0.3 is 0 Å². The minimum Gasteiger partial charge on any atom is -0.314 e. The summed E-state index contributed by atoms with van der Waals surface area (Å²) in [5, 5.41) is 3.46. The van der Waals surface area contributed by atoms with E-state index in [0.717, 1.165) is 29.8 Å². The molecule has 1 N–H and O–H groups in total. The molecule has 1 atom stereocenters. The van der Waals surface area contributed by atoms with Gasteiger partial charge in [0, 0.05) is 25.2 Å². The van der Waals surface area contributed by atoms with Crippen LogP contribution in [0.1, 0.15) is 52.4 Å². The molecule has 0 spiro atoms. The van der Waals surface area contributed by atoms with E-state index >= 15 is 0 Å². The number of hydrogen-bond acceptors (Lipinski definition) is 2. The van der Waals surface area contributed by atoms with Crippen LogP contribution in [-0.2, 0) is 0 Å². The molecule has 1 saturated heterocycles. The highest BCUT2D eigenvalue weighted by Crippen LogP contribution is 2.62. The lowest BCUT2D eigenvalue weighted by atomic mass is 9.47. The lowest BCUT2D eigenvalue weighted by Gasteiger charge is -2.61. The fourth-order valence-corrected chi connectivity index (χ4v) is 6.40. The molecule has 1 unspecified atom stereocenters. The van der Waals surface area contributed by atoms with Gasteiger partial charge in [0.2, 0.25) is 0 Å². The first-order chi connectivity index (χ1) is 9.20. The smallest absolute Gasteiger partial charge is 0.0348 e. The summed E-state index contributed by atoms with van der Waals surface area (Å²) >= 11 is 0. The van der Waals surface area contributed by atoms with Crippen LogP contribution in [-0.4, -0.2) is 36.6 Å². The highest BCUT2D eigenvalue weighted by molar-refractivity contribution is 5.06.